The van der Waals surface area contributed by atoms with Gasteiger partial charge >= 0.3 is 0 Å². The summed E-state index contributed by atoms with van der Waals surface area (Å²) in [6.45, 7) is 4.33. The Morgan fingerprint density at radius 2 is 2.18 bits per heavy atom. The maximum Gasteiger partial charge on any atom is 0.153 e. The summed E-state index contributed by atoms with van der Waals surface area (Å²) >= 11 is 6.06. The Labute approximate surface area is 108 Å². The topological polar surface area (TPSA) is 20.3 Å². The number of rotatable bonds is 2. The number of hydrogen-bond acceptors (Lipinski definition) is 2. The predicted molar refractivity (Wildman–Crippen MR) is 72.1 cm³/mol. The number of carbonyl (C=O) groups is 1. The first-order valence-corrected chi connectivity index (χ1v) is 6.59. The van der Waals surface area contributed by atoms with E-state index in [0.717, 1.165) is 31.0 Å². The third-order valence-corrected chi connectivity index (χ3v) is 3.83. The van der Waals surface area contributed by atoms with Crippen LogP contribution in [0.5, 0.6) is 0 Å². The van der Waals surface area contributed by atoms with Crippen LogP contribution >= 0.6 is 11.6 Å². The summed E-state index contributed by atoms with van der Waals surface area (Å²) in [5.41, 5.74) is 1.62. The SMILES string of the molecule is CC1CCCN(c2cccc(Cl)c2C=O)CC1. The van der Waals surface area contributed by atoms with E-state index in [1.165, 1.54) is 19.3 Å². The number of benzene rings is 1. The number of nitrogens with zero attached hydrogens (tertiary/aromatic N) is 1. The molecule has 0 radical (unpaired) electrons. The highest BCUT2D eigenvalue weighted by molar-refractivity contribution is 6.33. The van der Waals surface area contributed by atoms with Crippen molar-refractivity contribution in [1.82, 2.24) is 0 Å². The van der Waals surface area contributed by atoms with Crippen LogP contribution in [-0.4, -0.2) is 19.4 Å². The van der Waals surface area contributed by atoms with Gasteiger partial charge < -0.3 is 4.90 Å². The first-order valence-electron chi connectivity index (χ1n) is 6.21. The lowest BCUT2D eigenvalue weighted by atomic mass is 10.0. The number of hydrogen-bond donors (Lipinski definition) is 0. The number of halogens is 1. The second-order valence-electron chi connectivity index (χ2n) is 4.81. The Kier molecular flexibility index (Phi) is 4.06. The fraction of sp³-hybridized carbons (Fsp3) is 0.500. The zero-order chi connectivity index (χ0) is 12.3. The zero-order valence-electron chi connectivity index (χ0n) is 10.2. The zero-order valence-corrected chi connectivity index (χ0v) is 10.9. The average Bonchev–Trinajstić information content (AvgIpc) is 2.54. The van der Waals surface area contributed by atoms with Crippen molar-refractivity contribution in [3.05, 3.63) is 28.8 Å². The Morgan fingerprint density at radius 3 is 2.94 bits per heavy atom. The predicted octanol–water partition coefficient (Wildman–Crippen LogP) is 3.78. The molecule has 0 saturated carbocycles. The monoisotopic (exact) mass is 251 g/mol. The quantitative estimate of drug-likeness (QED) is 0.746. The summed E-state index contributed by atoms with van der Waals surface area (Å²) in [7, 11) is 0. The van der Waals surface area contributed by atoms with Crippen molar-refractivity contribution in [1.29, 1.82) is 0 Å². The van der Waals surface area contributed by atoms with Gasteiger partial charge in [0.25, 0.3) is 0 Å². The molecule has 0 aliphatic carbocycles. The molecule has 1 unspecified atom stereocenters. The van der Waals surface area contributed by atoms with Gasteiger partial charge in [0.2, 0.25) is 0 Å². The minimum Gasteiger partial charge on any atom is -0.371 e. The second-order valence-corrected chi connectivity index (χ2v) is 5.22. The van der Waals surface area contributed by atoms with E-state index in [9.17, 15) is 4.79 Å². The fourth-order valence-electron chi connectivity index (χ4n) is 2.42. The van der Waals surface area contributed by atoms with E-state index in [0.29, 0.717) is 10.6 Å². The summed E-state index contributed by atoms with van der Waals surface area (Å²) in [6.07, 6.45) is 4.51. The van der Waals surface area contributed by atoms with Crippen LogP contribution in [-0.2, 0) is 0 Å². The molecule has 1 aliphatic heterocycles. The van der Waals surface area contributed by atoms with Crippen molar-refractivity contribution in [3.8, 4) is 0 Å². The van der Waals surface area contributed by atoms with Gasteiger partial charge in [-0.15, -0.1) is 0 Å². The molecule has 17 heavy (non-hydrogen) atoms. The molecule has 3 heteroatoms. The molecule has 1 heterocycles. The van der Waals surface area contributed by atoms with E-state index in [1.54, 1.807) is 6.07 Å². The van der Waals surface area contributed by atoms with Crippen molar-refractivity contribution in [3.63, 3.8) is 0 Å². The highest BCUT2D eigenvalue weighted by Gasteiger charge is 2.17. The molecule has 92 valence electrons. The molecule has 2 rings (SSSR count). The normalized spacial score (nSPS) is 21.1. The van der Waals surface area contributed by atoms with Crippen LogP contribution in [0.2, 0.25) is 5.02 Å². The van der Waals surface area contributed by atoms with Crippen LogP contribution in [0.1, 0.15) is 36.5 Å². The average molecular weight is 252 g/mol. The molecule has 1 atom stereocenters. The maximum atomic E-state index is 11.1. The Bertz CT molecular complexity index is 405. The van der Waals surface area contributed by atoms with Crippen LogP contribution in [0.25, 0.3) is 0 Å². The molecule has 0 bridgehead atoms. The second kappa shape index (κ2) is 5.54. The maximum absolute atomic E-state index is 11.1. The number of carbonyl (C=O) groups excluding carboxylic acids is 1. The molecule has 0 N–H and O–H groups in total. The number of aldehydes is 1. The summed E-state index contributed by atoms with van der Waals surface area (Å²) in [5, 5.41) is 0.551. The van der Waals surface area contributed by atoms with Crippen molar-refractivity contribution in [2.75, 3.05) is 18.0 Å². The van der Waals surface area contributed by atoms with Gasteiger partial charge in [0.15, 0.2) is 6.29 Å². The van der Waals surface area contributed by atoms with E-state index >= 15 is 0 Å². The van der Waals surface area contributed by atoms with Crippen LogP contribution in [0.15, 0.2) is 18.2 Å². The molecule has 0 spiro atoms. The molecule has 1 aromatic carbocycles. The Morgan fingerprint density at radius 1 is 1.35 bits per heavy atom. The van der Waals surface area contributed by atoms with Gasteiger partial charge in [0.1, 0.15) is 0 Å². The van der Waals surface area contributed by atoms with E-state index < -0.39 is 0 Å². The lowest BCUT2D eigenvalue weighted by Crippen LogP contribution is -2.25. The standard InChI is InChI=1S/C14H18ClNO/c1-11-4-3-8-16(9-7-11)14-6-2-5-13(15)12(14)10-17/h2,5-6,10-11H,3-4,7-9H2,1H3. The van der Waals surface area contributed by atoms with Gasteiger partial charge in [0, 0.05) is 18.8 Å². The van der Waals surface area contributed by atoms with Gasteiger partial charge in [-0.25, -0.2) is 0 Å². The molecule has 1 aromatic rings. The first kappa shape index (κ1) is 12.4. The molecule has 1 saturated heterocycles. The lowest BCUT2D eigenvalue weighted by Gasteiger charge is -2.24. The van der Waals surface area contributed by atoms with Crippen molar-refractivity contribution in [2.45, 2.75) is 26.2 Å². The van der Waals surface area contributed by atoms with Crippen molar-refractivity contribution < 1.29 is 4.79 Å². The highest BCUT2D eigenvalue weighted by Crippen LogP contribution is 2.28. The van der Waals surface area contributed by atoms with Crippen LogP contribution in [0.3, 0.4) is 0 Å². The van der Waals surface area contributed by atoms with Gasteiger partial charge in [-0.1, -0.05) is 24.6 Å². The summed E-state index contributed by atoms with van der Waals surface area (Å²) < 4.78 is 0. The van der Waals surface area contributed by atoms with Crippen LogP contribution < -0.4 is 4.90 Å². The highest BCUT2D eigenvalue weighted by atomic mass is 35.5. The van der Waals surface area contributed by atoms with Gasteiger partial charge in [0.05, 0.1) is 10.6 Å². The third kappa shape index (κ3) is 2.81. The Balaban J connectivity index is 2.26. The van der Waals surface area contributed by atoms with Gasteiger partial charge in [-0.05, 0) is 37.3 Å². The summed E-state index contributed by atoms with van der Waals surface area (Å²) in [6, 6.07) is 5.68. The van der Waals surface area contributed by atoms with E-state index in [1.807, 2.05) is 12.1 Å². The first-order chi connectivity index (χ1) is 8.22. The van der Waals surface area contributed by atoms with Crippen molar-refractivity contribution >= 4 is 23.6 Å². The molecule has 1 fully saturated rings. The molecule has 1 aliphatic rings. The van der Waals surface area contributed by atoms with Crippen LogP contribution in [0, 0.1) is 5.92 Å². The molecule has 0 aromatic heterocycles. The summed E-state index contributed by atoms with van der Waals surface area (Å²) in [5.74, 6) is 0.777. The van der Waals surface area contributed by atoms with Crippen LogP contribution in [0.4, 0.5) is 5.69 Å². The Hall–Kier alpha value is -1.02. The fourth-order valence-corrected chi connectivity index (χ4v) is 2.64. The smallest absolute Gasteiger partial charge is 0.153 e. The van der Waals surface area contributed by atoms with Gasteiger partial charge in [-0.2, -0.15) is 0 Å². The number of anilines is 1. The van der Waals surface area contributed by atoms with E-state index in [4.69, 9.17) is 11.6 Å². The van der Waals surface area contributed by atoms with Gasteiger partial charge in [-0.3, -0.25) is 4.79 Å². The molecule has 0 amide bonds. The third-order valence-electron chi connectivity index (χ3n) is 3.51. The molecular weight excluding hydrogens is 234 g/mol. The van der Waals surface area contributed by atoms with E-state index in [2.05, 4.69) is 11.8 Å². The van der Waals surface area contributed by atoms with E-state index in [-0.39, 0.29) is 0 Å². The minimum absolute atomic E-state index is 0.551. The minimum atomic E-state index is 0.551. The van der Waals surface area contributed by atoms with Crippen molar-refractivity contribution in [2.24, 2.45) is 5.92 Å². The molecule has 2 nitrogen and oxygen atoms in total. The lowest BCUT2D eigenvalue weighted by molar-refractivity contribution is 0.112. The largest absolute Gasteiger partial charge is 0.371 e. The molecular formula is C14H18ClNO. The summed E-state index contributed by atoms with van der Waals surface area (Å²) in [4.78, 5) is 13.4.